The first kappa shape index (κ1) is 10.2. The van der Waals surface area contributed by atoms with Gasteiger partial charge in [0.2, 0.25) is 5.95 Å². The largest absolute Gasteiger partial charge is 0.368 e. The van der Waals surface area contributed by atoms with E-state index in [9.17, 15) is 0 Å². The molecule has 3 N–H and O–H groups in total. The van der Waals surface area contributed by atoms with Crippen molar-refractivity contribution in [2.75, 3.05) is 11.1 Å². The van der Waals surface area contributed by atoms with E-state index in [0.29, 0.717) is 4.60 Å². The summed E-state index contributed by atoms with van der Waals surface area (Å²) in [7, 11) is 0. The van der Waals surface area contributed by atoms with Crippen LogP contribution in [0.2, 0.25) is 0 Å². The van der Waals surface area contributed by atoms with Crippen LogP contribution in [0.15, 0.2) is 10.7 Å². The average molecular weight is 245 g/mol. The summed E-state index contributed by atoms with van der Waals surface area (Å²) in [5, 5.41) is 3.20. The van der Waals surface area contributed by atoms with Crippen LogP contribution in [0.25, 0.3) is 0 Å². The van der Waals surface area contributed by atoms with Gasteiger partial charge in [0.05, 0.1) is 0 Å². The van der Waals surface area contributed by atoms with Crippen molar-refractivity contribution < 1.29 is 0 Å². The zero-order valence-electron chi connectivity index (χ0n) is 7.93. The summed E-state index contributed by atoms with van der Waals surface area (Å²) in [6, 6.07) is 1.79. The number of aromatic nitrogens is 2. The van der Waals surface area contributed by atoms with Gasteiger partial charge in [0.1, 0.15) is 10.4 Å². The average Bonchev–Trinajstić information content (AvgIpc) is 1.78. The standard InChI is InChI=1S/C8H13BrN4/c1-8(2,3)13-6-4-5(9)11-7(10)12-6/h4H,1-3H3,(H3,10,11,12,13). The lowest BCUT2D eigenvalue weighted by Gasteiger charge is -2.21. The maximum Gasteiger partial charge on any atom is 0.223 e. The molecular weight excluding hydrogens is 232 g/mol. The van der Waals surface area contributed by atoms with Crippen molar-refractivity contribution in [3.8, 4) is 0 Å². The SMILES string of the molecule is CC(C)(C)Nc1cc(Br)nc(N)n1. The molecule has 1 heterocycles. The number of halogens is 1. The van der Waals surface area contributed by atoms with E-state index in [0.717, 1.165) is 5.82 Å². The third-order valence-corrected chi connectivity index (χ3v) is 1.62. The van der Waals surface area contributed by atoms with Crippen LogP contribution in [0.5, 0.6) is 0 Å². The molecule has 4 nitrogen and oxygen atoms in total. The number of nitrogens with two attached hydrogens (primary N) is 1. The summed E-state index contributed by atoms with van der Waals surface area (Å²) in [6.45, 7) is 6.16. The molecule has 0 saturated carbocycles. The van der Waals surface area contributed by atoms with Gasteiger partial charge in [-0.05, 0) is 36.7 Å². The zero-order valence-corrected chi connectivity index (χ0v) is 9.51. The van der Waals surface area contributed by atoms with E-state index >= 15 is 0 Å². The second-order valence-corrected chi connectivity index (χ2v) is 4.62. The minimum atomic E-state index is -0.0275. The Bertz CT molecular complexity index is 285. The molecule has 13 heavy (non-hydrogen) atoms. The second kappa shape index (κ2) is 3.49. The van der Waals surface area contributed by atoms with E-state index in [4.69, 9.17) is 5.73 Å². The van der Waals surface area contributed by atoms with Gasteiger partial charge in [0, 0.05) is 11.6 Å². The number of nitrogens with zero attached hydrogens (tertiary/aromatic N) is 2. The lowest BCUT2D eigenvalue weighted by Crippen LogP contribution is -2.26. The van der Waals surface area contributed by atoms with Gasteiger partial charge in [0.25, 0.3) is 0 Å². The van der Waals surface area contributed by atoms with Gasteiger partial charge < -0.3 is 11.1 Å². The van der Waals surface area contributed by atoms with Gasteiger partial charge in [-0.3, -0.25) is 0 Å². The predicted octanol–water partition coefficient (Wildman–Crippen LogP) is 2.03. The zero-order chi connectivity index (χ0) is 10.1. The van der Waals surface area contributed by atoms with Crippen molar-refractivity contribution in [1.82, 2.24) is 9.97 Å². The van der Waals surface area contributed by atoms with Crippen molar-refractivity contribution in [2.24, 2.45) is 0 Å². The highest BCUT2D eigenvalue weighted by Crippen LogP contribution is 2.16. The van der Waals surface area contributed by atoms with Crippen LogP contribution >= 0.6 is 15.9 Å². The molecule has 1 rings (SSSR count). The monoisotopic (exact) mass is 244 g/mol. The molecule has 0 aliphatic heterocycles. The number of rotatable bonds is 1. The van der Waals surface area contributed by atoms with E-state index in [1.807, 2.05) is 0 Å². The molecule has 72 valence electrons. The third-order valence-electron chi connectivity index (χ3n) is 1.22. The Labute approximate surface area is 86.1 Å². The molecular formula is C8H13BrN4. The maximum atomic E-state index is 5.49. The van der Waals surface area contributed by atoms with E-state index in [1.54, 1.807) is 6.07 Å². The van der Waals surface area contributed by atoms with Gasteiger partial charge in [-0.15, -0.1) is 0 Å². The van der Waals surface area contributed by atoms with E-state index in [-0.39, 0.29) is 11.5 Å². The Hall–Kier alpha value is -0.840. The third kappa shape index (κ3) is 3.59. The Morgan fingerprint density at radius 3 is 2.46 bits per heavy atom. The molecule has 1 aromatic heterocycles. The lowest BCUT2D eigenvalue weighted by molar-refractivity contribution is 0.630. The minimum Gasteiger partial charge on any atom is -0.368 e. The number of hydrogen-bond donors (Lipinski definition) is 2. The van der Waals surface area contributed by atoms with Crippen molar-refractivity contribution in [3.63, 3.8) is 0 Å². The summed E-state index contributed by atoms with van der Waals surface area (Å²) in [5.41, 5.74) is 5.46. The van der Waals surface area contributed by atoms with Crippen LogP contribution in [0, 0.1) is 0 Å². The molecule has 0 aliphatic rings. The van der Waals surface area contributed by atoms with Crippen molar-refractivity contribution in [3.05, 3.63) is 10.7 Å². The summed E-state index contributed by atoms with van der Waals surface area (Å²) < 4.78 is 0.687. The van der Waals surface area contributed by atoms with Crippen LogP contribution in [0.4, 0.5) is 11.8 Å². The maximum absolute atomic E-state index is 5.49. The molecule has 0 aromatic carbocycles. The van der Waals surface area contributed by atoms with Crippen LogP contribution in [0.1, 0.15) is 20.8 Å². The topological polar surface area (TPSA) is 63.8 Å². The van der Waals surface area contributed by atoms with Crippen LogP contribution in [0.3, 0.4) is 0 Å². The fourth-order valence-electron chi connectivity index (χ4n) is 0.883. The fraction of sp³-hybridized carbons (Fsp3) is 0.500. The number of nitrogens with one attached hydrogen (secondary N) is 1. The number of nitrogen functional groups attached to an aromatic ring is 1. The first-order valence-corrected chi connectivity index (χ1v) is 4.74. The smallest absolute Gasteiger partial charge is 0.223 e. The van der Waals surface area contributed by atoms with E-state index < -0.39 is 0 Å². The Kier molecular flexibility index (Phi) is 2.75. The van der Waals surface area contributed by atoms with Crippen molar-refractivity contribution >= 4 is 27.7 Å². The highest BCUT2D eigenvalue weighted by Gasteiger charge is 2.10. The minimum absolute atomic E-state index is 0.0275. The molecule has 0 atom stereocenters. The molecule has 0 spiro atoms. The molecule has 0 amide bonds. The first-order valence-electron chi connectivity index (χ1n) is 3.95. The summed E-state index contributed by atoms with van der Waals surface area (Å²) in [5.74, 6) is 0.994. The predicted molar refractivity (Wildman–Crippen MR) is 57.5 cm³/mol. The molecule has 5 heteroatoms. The molecule has 0 radical (unpaired) electrons. The molecule has 1 aromatic rings. The first-order chi connectivity index (χ1) is 5.87. The van der Waals surface area contributed by atoms with Crippen molar-refractivity contribution in [2.45, 2.75) is 26.3 Å². The number of anilines is 2. The summed E-state index contributed by atoms with van der Waals surface area (Å²) in [4.78, 5) is 7.95. The van der Waals surface area contributed by atoms with E-state index in [2.05, 4.69) is 52.0 Å². The fourth-order valence-corrected chi connectivity index (χ4v) is 1.28. The van der Waals surface area contributed by atoms with Crippen LogP contribution in [-0.4, -0.2) is 15.5 Å². The van der Waals surface area contributed by atoms with Gasteiger partial charge in [-0.25, -0.2) is 4.98 Å². The summed E-state index contributed by atoms with van der Waals surface area (Å²) >= 11 is 3.25. The Balaban J connectivity index is 2.90. The highest BCUT2D eigenvalue weighted by molar-refractivity contribution is 9.10. The van der Waals surface area contributed by atoms with E-state index in [1.165, 1.54) is 0 Å². The highest BCUT2D eigenvalue weighted by atomic mass is 79.9. The molecule has 0 saturated heterocycles. The molecule has 0 fully saturated rings. The van der Waals surface area contributed by atoms with Gasteiger partial charge in [0.15, 0.2) is 0 Å². The normalized spacial score (nSPS) is 11.4. The molecule has 0 unspecified atom stereocenters. The molecule has 0 bridgehead atoms. The Morgan fingerprint density at radius 2 is 2.00 bits per heavy atom. The number of hydrogen-bond acceptors (Lipinski definition) is 4. The quantitative estimate of drug-likeness (QED) is 0.743. The van der Waals surface area contributed by atoms with Crippen molar-refractivity contribution in [1.29, 1.82) is 0 Å². The molecule has 0 aliphatic carbocycles. The summed E-state index contributed by atoms with van der Waals surface area (Å²) in [6.07, 6.45) is 0. The Morgan fingerprint density at radius 1 is 1.38 bits per heavy atom. The van der Waals surface area contributed by atoms with Gasteiger partial charge in [-0.1, -0.05) is 0 Å². The second-order valence-electron chi connectivity index (χ2n) is 3.81. The van der Waals surface area contributed by atoms with Crippen LogP contribution in [-0.2, 0) is 0 Å². The lowest BCUT2D eigenvalue weighted by atomic mass is 10.1. The van der Waals surface area contributed by atoms with Crippen LogP contribution < -0.4 is 11.1 Å². The van der Waals surface area contributed by atoms with Gasteiger partial charge in [-0.2, -0.15) is 4.98 Å². The van der Waals surface area contributed by atoms with Gasteiger partial charge >= 0.3 is 0 Å².